The normalized spacial score (nSPS) is 13.4. The van der Waals surface area contributed by atoms with Gasteiger partial charge in [-0.15, -0.1) is 0 Å². The molecule has 0 aliphatic heterocycles. The summed E-state index contributed by atoms with van der Waals surface area (Å²) in [6, 6.07) is 7.06. The first-order chi connectivity index (χ1) is 12.5. The molecule has 0 saturated heterocycles. The Balaban J connectivity index is 0.000000278. The van der Waals surface area contributed by atoms with Crippen LogP contribution >= 0.6 is 23.2 Å². The summed E-state index contributed by atoms with van der Waals surface area (Å²) >= 11 is 12.1. The zero-order valence-electron chi connectivity index (χ0n) is 14.9. The molecule has 2 heterocycles. The van der Waals surface area contributed by atoms with E-state index in [1.54, 1.807) is 25.3 Å². The van der Waals surface area contributed by atoms with E-state index in [1.807, 2.05) is 12.1 Å². The van der Waals surface area contributed by atoms with E-state index in [0.29, 0.717) is 26.9 Å². The van der Waals surface area contributed by atoms with Gasteiger partial charge in [-0.25, -0.2) is 9.97 Å². The van der Waals surface area contributed by atoms with Crippen LogP contribution in [0.5, 0.6) is 0 Å². The molecule has 3 aromatic rings. The van der Waals surface area contributed by atoms with Gasteiger partial charge >= 0.3 is 0 Å². The van der Waals surface area contributed by atoms with E-state index in [1.165, 1.54) is 25.7 Å². The lowest BCUT2D eigenvalue weighted by molar-refractivity contribution is 0.708. The van der Waals surface area contributed by atoms with Crippen molar-refractivity contribution in [1.29, 1.82) is 0 Å². The second-order valence-corrected chi connectivity index (χ2v) is 7.41. The van der Waals surface area contributed by atoms with Crippen LogP contribution in [0.2, 0.25) is 10.0 Å². The minimum absolute atomic E-state index is 0.246. The average Bonchev–Trinajstić information content (AvgIpc) is 3.41. The number of H-pyrrole nitrogens is 1. The van der Waals surface area contributed by atoms with Gasteiger partial charge in [0.2, 0.25) is 0 Å². The van der Waals surface area contributed by atoms with E-state index < -0.39 is 0 Å². The van der Waals surface area contributed by atoms with Crippen LogP contribution in [0.25, 0.3) is 22.3 Å². The van der Waals surface area contributed by atoms with Crippen molar-refractivity contribution in [2.24, 2.45) is 5.92 Å². The smallest absolute Gasteiger partial charge is 0.270 e. The van der Waals surface area contributed by atoms with Gasteiger partial charge < -0.3 is 4.98 Å². The van der Waals surface area contributed by atoms with Crippen LogP contribution < -0.4 is 5.56 Å². The number of rotatable bonds is 3. The van der Waals surface area contributed by atoms with Crippen LogP contribution in [0.1, 0.15) is 38.3 Å². The molecule has 4 rings (SSSR count). The molecule has 1 aliphatic carbocycles. The Morgan fingerprint density at radius 2 is 1.96 bits per heavy atom. The average molecular weight is 390 g/mol. The number of halogens is 2. The largest absolute Gasteiger partial charge is 0.304 e. The van der Waals surface area contributed by atoms with E-state index in [-0.39, 0.29) is 5.56 Å². The number of nitrogens with zero attached hydrogens (tertiary/aromatic N) is 2. The highest BCUT2D eigenvalue weighted by molar-refractivity contribution is 6.36. The summed E-state index contributed by atoms with van der Waals surface area (Å²) in [5.41, 5.74) is 2.78. The van der Waals surface area contributed by atoms with Crippen molar-refractivity contribution in [3.8, 4) is 11.1 Å². The van der Waals surface area contributed by atoms with Crippen LogP contribution in [0, 0.1) is 12.8 Å². The van der Waals surface area contributed by atoms with Crippen molar-refractivity contribution in [3.05, 3.63) is 56.6 Å². The number of fused-ring (bicyclic) bond motifs is 1. The Morgan fingerprint density at radius 3 is 2.58 bits per heavy atom. The number of aromatic nitrogens is 3. The fraction of sp³-hybridized carbons (Fsp3) is 0.350. The monoisotopic (exact) mass is 389 g/mol. The summed E-state index contributed by atoms with van der Waals surface area (Å²) in [7, 11) is 0. The maximum absolute atomic E-state index is 11.6. The molecule has 1 aromatic carbocycles. The van der Waals surface area contributed by atoms with Gasteiger partial charge in [0, 0.05) is 27.4 Å². The van der Waals surface area contributed by atoms with E-state index in [2.05, 4.69) is 21.9 Å². The summed E-state index contributed by atoms with van der Waals surface area (Å²) in [5, 5.41) is 1.09. The molecule has 1 saturated carbocycles. The number of hydrogen-bond donors (Lipinski definition) is 1. The van der Waals surface area contributed by atoms with Crippen LogP contribution in [-0.4, -0.2) is 15.0 Å². The maximum Gasteiger partial charge on any atom is 0.270 e. The Kier molecular flexibility index (Phi) is 5.94. The molecule has 0 unspecified atom stereocenters. The molecule has 0 radical (unpaired) electrons. The second kappa shape index (κ2) is 8.19. The molecular weight excluding hydrogens is 369 g/mol. The van der Waals surface area contributed by atoms with Crippen molar-refractivity contribution in [2.75, 3.05) is 0 Å². The van der Waals surface area contributed by atoms with Crippen LogP contribution in [0.4, 0.5) is 0 Å². The SMILES string of the molecule is CCCC1CC1.Cc1nc2c(-c3ccc(Cl)cc3Cl)ccnc2[nH]c1=O. The number of pyridine rings is 1. The van der Waals surface area contributed by atoms with E-state index >= 15 is 0 Å². The summed E-state index contributed by atoms with van der Waals surface area (Å²) in [6.07, 6.45) is 7.53. The topological polar surface area (TPSA) is 58.6 Å². The van der Waals surface area contributed by atoms with Crippen molar-refractivity contribution in [1.82, 2.24) is 15.0 Å². The maximum atomic E-state index is 11.6. The molecule has 2 aromatic heterocycles. The third-order valence-electron chi connectivity index (χ3n) is 4.38. The fourth-order valence-electron chi connectivity index (χ4n) is 2.82. The fourth-order valence-corrected chi connectivity index (χ4v) is 3.33. The lowest BCUT2D eigenvalue weighted by Gasteiger charge is -2.08. The number of aromatic amines is 1. The molecule has 1 N–H and O–H groups in total. The summed E-state index contributed by atoms with van der Waals surface area (Å²) in [5.74, 6) is 1.15. The predicted octanol–water partition coefficient (Wildman–Crippen LogP) is 5.80. The van der Waals surface area contributed by atoms with Gasteiger partial charge in [0.15, 0.2) is 5.65 Å². The Hall–Kier alpha value is -1.91. The lowest BCUT2D eigenvalue weighted by atomic mass is 10.1. The summed E-state index contributed by atoms with van der Waals surface area (Å²) in [6.45, 7) is 3.91. The molecule has 0 amide bonds. The van der Waals surface area contributed by atoms with Gasteiger partial charge in [0.25, 0.3) is 5.56 Å². The third-order valence-corrected chi connectivity index (χ3v) is 4.93. The van der Waals surface area contributed by atoms with Gasteiger partial charge in [-0.3, -0.25) is 4.79 Å². The molecule has 4 nitrogen and oxygen atoms in total. The van der Waals surface area contributed by atoms with Gasteiger partial charge in [-0.1, -0.05) is 61.9 Å². The lowest BCUT2D eigenvalue weighted by Crippen LogP contribution is -2.12. The molecule has 26 heavy (non-hydrogen) atoms. The Morgan fingerprint density at radius 1 is 1.19 bits per heavy atom. The van der Waals surface area contributed by atoms with Gasteiger partial charge in [0.1, 0.15) is 11.2 Å². The van der Waals surface area contributed by atoms with Crippen LogP contribution in [0.15, 0.2) is 35.3 Å². The number of hydrogen-bond acceptors (Lipinski definition) is 3. The third kappa shape index (κ3) is 4.43. The van der Waals surface area contributed by atoms with Gasteiger partial charge in [-0.05, 0) is 31.0 Å². The molecule has 136 valence electrons. The van der Waals surface area contributed by atoms with Gasteiger partial charge in [0.05, 0.1) is 0 Å². The van der Waals surface area contributed by atoms with Crippen molar-refractivity contribution in [3.63, 3.8) is 0 Å². The number of aryl methyl sites for hydroxylation is 1. The zero-order chi connectivity index (χ0) is 18.7. The summed E-state index contributed by atoms with van der Waals surface area (Å²) in [4.78, 5) is 22.7. The first-order valence-electron chi connectivity index (χ1n) is 8.80. The molecule has 0 atom stereocenters. The Labute approximate surface area is 162 Å². The quantitative estimate of drug-likeness (QED) is 0.615. The second-order valence-electron chi connectivity index (χ2n) is 6.56. The first-order valence-corrected chi connectivity index (χ1v) is 9.56. The number of nitrogens with one attached hydrogen (secondary N) is 1. The standard InChI is InChI=1S/C14H9Cl2N3O.C6H12/c1-7-14(20)19-13-12(18-7)10(4-5-17-13)9-3-2-8(15)6-11(9)16;1-2-3-6-4-5-6/h2-6H,1H3,(H,17,19,20);6H,2-5H2,1H3. The Bertz CT molecular complexity index is 980. The molecule has 1 aliphatic rings. The van der Waals surface area contributed by atoms with E-state index in [0.717, 1.165) is 17.0 Å². The van der Waals surface area contributed by atoms with Crippen LogP contribution in [-0.2, 0) is 0 Å². The minimum Gasteiger partial charge on any atom is -0.304 e. The predicted molar refractivity (Wildman–Crippen MR) is 108 cm³/mol. The van der Waals surface area contributed by atoms with E-state index in [4.69, 9.17) is 23.2 Å². The molecule has 6 heteroatoms. The highest BCUT2D eigenvalue weighted by atomic mass is 35.5. The highest BCUT2D eigenvalue weighted by Gasteiger charge is 2.18. The van der Waals surface area contributed by atoms with Gasteiger partial charge in [-0.2, -0.15) is 0 Å². The number of benzene rings is 1. The zero-order valence-corrected chi connectivity index (χ0v) is 16.4. The minimum atomic E-state index is -0.246. The highest BCUT2D eigenvalue weighted by Crippen LogP contribution is 2.33. The molecule has 0 spiro atoms. The molecule has 1 fully saturated rings. The van der Waals surface area contributed by atoms with Crippen molar-refractivity contribution >= 4 is 34.4 Å². The first kappa shape index (κ1) is 18.9. The van der Waals surface area contributed by atoms with Crippen LogP contribution in [0.3, 0.4) is 0 Å². The summed E-state index contributed by atoms with van der Waals surface area (Å²) < 4.78 is 0. The van der Waals surface area contributed by atoms with Crippen molar-refractivity contribution in [2.45, 2.75) is 39.5 Å². The molecular formula is C20H21Cl2N3O. The molecule has 0 bridgehead atoms. The van der Waals surface area contributed by atoms with E-state index in [9.17, 15) is 4.79 Å². The van der Waals surface area contributed by atoms with Crippen molar-refractivity contribution < 1.29 is 0 Å².